The van der Waals surface area contributed by atoms with Crippen molar-refractivity contribution in [3.8, 4) is 11.5 Å². The molecule has 0 fully saturated rings. The third-order valence-electron chi connectivity index (χ3n) is 6.09. The molecule has 4 aromatic carbocycles. The largest absolute Gasteiger partial charge is 0.506 e. The first-order valence-corrected chi connectivity index (χ1v) is 10.4. The molecule has 0 unspecified atom stereocenters. The number of phenols is 2. The van der Waals surface area contributed by atoms with Crippen molar-refractivity contribution in [2.75, 3.05) is 11.5 Å². The number of nitrogen functional groups attached to an aromatic ring is 2. The molecule has 0 bridgehead atoms. The number of nitrogens with two attached hydrogens (primary N) is 2. The topological polar surface area (TPSA) is 92.5 Å². The summed E-state index contributed by atoms with van der Waals surface area (Å²) in [5.74, 6) is -28.3. The van der Waals surface area contributed by atoms with Crippen molar-refractivity contribution >= 4 is 11.4 Å². The molecule has 0 radical (unpaired) electrons. The lowest BCUT2D eigenvalue weighted by atomic mass is 9.64. The molecule has 0 atom stereocenters. The molecule has 6 N–H and O–H groups in total. The normalized spacial score (nSPS) is 11.7. The third kappa shape index (κ3) is 3.77. The Morgan fingerprint density at radius 2 is 0.692 bits per heavy atom. The van der Waals surface area contributed by atoms with Gasteiger partial charge in [0.1, 0.15) is 11.5 Å². The summed E-state index contributed by atoms with van der Waals surface area (Å²) in [5, 5.41) is 19.7. The zero-order valence-corrected chi connectivity index (χ0v) is 18.8. The molecule has 4 rings (SSSR count). The van der Waals surface area contributed by atoms with Crippen LogP contribution in [0.5, 0.6) is 11.5 Å². The average molecular weight is 562 g/mol. The molecule has 39 heavy (non-hydrogen) atoms. The highest BCUT2D eigenvalue weighted by molar-refractivity contribution is 5.68. The lowest BCUT2D eigenvalue weighted by molar-refractivity contribution is 0.346. The van der Waals surface area contributed by atoms with E-state index in [0.29, 0.717) is 36.4 Å². The van der Waals surface area contributed by atoms with E-state index in [9.17, 15) is 36.6 Å². The van der Waals surface area contributed by atoms with Crippen molar-refractivity contribution in [3.05, 3.63) is 117 Å². The summed E-state index contributed by atoms with van der Waals surface area (Å²) in [6.07, 6.45) is 0. The van der Waals surface area contributed by atoms with Gasteiger partial charge in [-0.15, -0.1) is 0 Å². The first-order chi connectivity index (χ1) is 18.2. The second kappa shape index (κ2) is 9.29. The number of halogens is 10. The van der Waals surface area contributed by atoms with Gasteiger partial charge in [0, 0.05) is 11.1 Å². The van der Waals surface area contributed by atoms with Gasteiger partial charge in [0.2, 0.25) is 11.6 Å². The van der Waals surface area contributed by atoms with Gasteiger partial charge in [-0.1, -0.05) is 12.1 Å². The summed E-state index contributed by atoms with van der Waals surface area (Å²) in [7, 11) is 0. The van der Waals surface area contributed by atoms with Gasteiger partial charge in [-0.25, -0.2) is 43.9 Å². The molecular weight excluding hydrogens is 550 g/mol. The van der Waals surface area contributed by atoms with E-state index in [1.807, 2.05) is 0 Å². The zero-order chi connectivity index (χ0) is 29.1. The highest BCUT2D eigenvalue weighted by Crippen LogP contribution is 2.52. The molecule has 204 valence electrons. The van der Waals surface area contributed by atoms with Crippen LogP contribution >= 0.6 is 0 Å². The summed E-state index contributed by atoms with van der Waals surface area (Å²) in [5.41, 5.74) is 0.172. The Morgan fingerprint density at radius 1 is 0.436 bits per heavy atom. The fraction of sp³-hybridized carbons (Fsp3) is 0.0400. The maximum atomic E-state index is 15.5. The van der Waals surface area contributed by atoms with Crippen LogP contribution in [0.4, 0.5) is 55.3 Å². The molecule has 4 nitrogen and oxygen atoms in total. The molecule has 0 aliphatic rings. The number of hydrogen-bond donors (Lipinski definition) is 4. The van der Waals surface area contributed by atoms with Crippen LogP contribution in [0.25, 0.3) is 0 Å². The molecule has 0 saturated carbocycles. The van der Waals surface area contributed by atoms with Crippen molar-refractivity contribution in [2.45, 2.75) is 5.41 Å². The average Bonchev–Trinajstić information content (AvgIpc) is 2.90. The molecule has 0 aromatic heterocycles. The van der Waals surface area contributed by atoms with Crippen molar-refractivity contribution < 1.29 is 54.1 Å². The van der Waals surface area contributed by atoms with Crippen LogP contribution < -0.4 is 11.5 Å². The highest BCUT2D eigenvalue weighted by Gasteiger charge is 2.51. The Kier molecular flexibility index (Phi) is 6.53. The summed E-state index contributed by atoms with van der Waals surface area (Å²) < 4.78 is 148. The smallest absolute Gasteiger partial charge is 0.200 e. The van der Waals surface area contributed by atoms with E-state index >= 15 is 17.6 Å². The van der Waals surface area contributed by atoms with Crippen LogP contribution in [-0.2, 0) is 5.41 Å². The summed E-state index contributed by atoms with van der Waals surface area (Å²) in [6, 6.07) is 3.70. The van der Waals surface area contributed by atoms with Gasteiger partial charge in [-0.05, 0) is 35.4 Å². The summed E-state index contributed by atoms with van der Waals surface area (Å²) in [4.78, 5) is 0. The number of anilines is 2. The third-order valence-corrected chi connectivity index (χ3v) is 6.09. The van der Waals surface area contributed by atoms with Gasteiger partial charge in [0.15, 0.2) is 46.5 Å². The monoisotopic (exact) mass is 562 g/mol. The zero-order valence-electron chi connectivity index (χ0n) is 18.8. The van der Waals surface area contributed by atoms with E-state index in [0.717, 1.165) is 0 Å². The van der Waals surface area contributed by atoms with Crippen molar-refractivity contribution in [3.63, 3.8) is 0 Å². The lowest BCUT2D eigenvalue weighted by Crippen LogP contribution is -2.37. The molecular formula is C25H12F10N2O2. The van der Waals surface area contributed by atoms with Crippen LogP contribution in [0.1, 0.15) is 22.3 Å². The number of phenolic OH excluding ortho intramolecular Hbond substituents is 2. The van der Waals surface area contributed by atoms with Gasteiger partial charge in [0.05, 0.1) is 16.8 Å². The van der Waals surface area contributed by atoms with Crippen molar-refractivity contribution in [1.29, 1.82) is 0 Å². The van der Waals surface area contributed by atoms with Crippen LogP contribution in [0.15, 0.2) is 36.4 Å². The Morgan fingerprint density at radius 3 is 0.949 bits per heavy atom. The van der Waals surface area contributed by atoms with Gasteiger partial charge >= 0.3 is 0 Å². The quantitative estimate of drug-likeness (QED) is 0.0610. The Labute approximate surface area is 211 Å². The predicted octanol–water partition coefficient (Wildman–Crippen LogP) is 6.04. The van der Waals surface area contributed by atoms with Crippen LogP contribution in [-0.4, -0.2) is 10.2 Å². The number of rotatable bonds is 4. The van der Waals surface area contributed by atoms with E-state index in [1.54, 1.807) is 0 Å². The van der Waals surface area contributed by atoms with Gasteiger partial charge in [-0.3, -0.25) is 0 Å². The number of aromatic hydroxyl groups is 2. The molecule has 0 heterocycles. The van der Waals surface area contributed by atoms with Crippen molar-refractivity contribution in [1.82, 2.24) is 0 Å². The molecule has 0 aliphatic carbocycles. The van der Waals surface area contributed by atoms with Crippen molar-refractivity contribution in [2.24, 2.45) is 0 Å². The van der Waals surface area contributed by atoms with Gasteiger partial charge in [-0.2, -0.15) is 0 Å². The summed E-state index contributed by atoms with van der Waals surface area (Å²) in [6.45, 7) is 0. The first-order valence-electron chi connectivity index (χ1n) is 10.4. The minimum absolute atomic E-state index is 0.550. The molecule has 0 spiro atoms. The van der Waals surface area contributed by atoms with E-state index in [2.05, 4.69) is 0 Å². The summed E-state index contributed by atoms with van der Waals surface area (Å²) >= 11 is 0. The molecule has 14 heteroatoms. The van der Waals surface area contributed by atoms with Crippen LogP contribution in [0, 0.1) is 58.2 Å². The maximum Gasteiger partial charge on any atom is 0.200 e. The standard InChI is InChI=1S/C25H12F10N2O2/c26-15-13(16(27)20(31)23(34)19(15)30)25(7-1-3-11(38)9(36)5-7,8-2-4-12(39)10(37)6-8)14-17(28)21(32)24(35)22(33)18(14)29/h1-6,38-39H,36-37H2. The van der Waals surface area contributed by atoms with E-state index in [1.165, 1.54) is 0 Å². The van der Waals surface area contributed by atoms with E-state index in [-0.39, 0.29) is 0 Å². The van der Waals surface area contributed by atoms with Gasteiger partial charge < -0.3 is 21.7 Å². The molecule has 4 aromatic rings. The highest BCUT2D eigenvalue weighted by atomic mass is 19.2. The maximum absolute atomic E-state index is 15.5. The minimum atomic E-state index is -3.63. The van der Waals surface area contributed by atoms with E-state index in [4.69, 9.17) is 11.5 Å². The Hall–Kier alpha value is -4.62. The minimum Gasteiger partial charge on any atom is -0.506 e. The fourth-order valence-corrected chi connectivity index (χ4v) is 4.31. The van der Waals surface area contributed by atoms with E-state index < -0.39 is 109 Å². The van der Waals surface area contributed by atoms with Crippen LogP contribution in [0.2, 0.25) is 0 Å². The SMILES string of the molecule is Nc1cc(C(c2ccc(O)c(N)c2)(c2c(F)c(F)c(F)c(F)c2F)c2c(F)c(F)c(F)c(F)c2F)ccc1O. The second-order valence-corrected chi connectivity index (χ2v) is 8.19. The molecule has 0 amide bonds. The predicted molar refractivity (Wildman–Crippen MR) is 116 cm³/mol. The second-order valence-electron chi connectivity index (χ2n) is 8.19. The molecule has 0 aliphatic heterocycles. The number of hydrogen-bond acceptors (Lipinski definition) is 4. The van der Waals surface area contributed by atoms with Crippen LogP contribution in [0.3, 0.4) is 0 Å². The molecule has 0 saturated heterocycles. The number of benzene rings is 4. The Bertz CT molecular complexity index is 1500. The first kappa shape index (κ1) is 27.4. The van der Waals surface area contributed by atoms with Gasteiger partial charge in [0.25, 0.3) is 0 Å². The lowest BCUT2D eigenvalue weighted by Gasteiger charge is -2.38. The Balaban J connectivity index is 2.46. The fourth-order valence-electron chi connectivity index (χ4n) is 4.31.